The Kier molecular flexibility index (Phi) is 5.45. The summed E-state index contributed by atoms with van der Waals surface area (Å²) in [6.45, 7) is 2.01. The number of nitrogens with zero attached hydrogens (tertiary/aromatic N) is 5. The van der Waals surface area contributed by atoms with Gasteiger partial charge in [0.05, 0.1) is 28.3 Å². The summed E-state index contributed by atoms with van der Waals surface area (Å²) in [5, 5.41) is 9.07. The van der Waals surface area contributed by atoms with Crippen molar-refractivity contribution < 1.29 is 4.42 Å². The molecular weight excluding hydrogens is 564 g/mol. The first-order valence-electron chi connectivity index (χ1n) is 12.1. The first kappa shape index (κ1) is 23.0. The Morgan fingerprint density at radius 1 is 0.895 bits per heavy atom. The molecule has 7 rings (SSSR count). The predicted octanol–water partition coefficient (Wildman–Crippen LogP) is 7.98. The molecule has 0 amide bonds. The SMILES string of the molecule is Cc1nn(-c2ccccc2)c2c1C(c1ccc(Br)o1)N1C(=N2)C(Nc2ccc(Cl)cc2)=Nc2ccccc21. The minimum atomic E-state index is -0.320. The lowest BCUT2D eigenvalue weighted by Crippen LogP contribution is -2.46. The number of rotatable bonds is 3. The molecule has 1 N–H and O–H groups in total. The van der Waals surface area contributed by atoms with Crippen LogP contribution >= 0.6 is 27.5 Å². The lowest BCUT2D eigenvalue weighted by atomic mass is 9.98. The molecule has 38 heavy (non-hydrogen) atoms. The highest BCUT2D eigenvalue weighted by Gasteiger charge is 2.42. The molecule has 0 aliphatic carbocycles. The van der Waals surface area contributed by atoms with Crippen molar-refractivity contribution in [3.05, 3.63) is 118 Å². The lowest BCUT2D eigenvalue weighted by molar-refractivity contribution is 0.468. The van der Waals surface area contributed by atoms with E-state index in [0.29, 0.717) is 21.4 Å². The Balaban J connectivity index is 1.49. The molecule has 0 radical (unpaired) electrons. The standard InChI is InChI=1S/C29H20BrClN6O/c1-17-25-26(23-15-16-24(30)38-23)36-22-10-6-5-9-21(22)33-27(32-19-13-11-18(31)12-14-19)29(36)34-28(25)37(35-17)20-7-3-2-4-8-20/h2-16,26H,1H3,(H,32,33). The average Bonchev–Trinajstić information content (AvgIpc) is 3.52. The first-order chi connectivity index (χ1) is 18.6. The molecule has 0 bridgehead atoms. The van der Waals surface area contributed by atoms with Crippen molar-refractivity contribution in [3.63, 3.8) is 0 Å². The van der Waals surface area contributed by atoms with E-state index in [-0.39, 0.29) is 6.04 Å². The normalized spacial score (nSPS) is 15.8. The van der Waals surface area contributed by atoms with Gasteiger partial charge in [0.15, 0.2) is 22.2 Å². The number of anilines is 2. The molecule has 7 nitrogen and oxygen atoms in total. The van der Waals surface area contributed by atoms with Gasteiger partial charge in [0.1, 0.15) is 11.8 Å². The van der Waals surface area contributed by atoms with Gasteiger partial charge < -0.3 is 14.6 Å². The van der Waals surface area contributed by atoms with Crippen LogP contribution in [0.15, 0.2) is 110 Å². The molecule has 2 aliphatic heterocycles. The largest absolute Gasteiger partial charge is 0.452 e. The summed E-state index contributed by atoms with van der Waals surface area (Å²) >= 11 is 9.64. The van der Waals surface area contributed by atoms with Crippen LogP contribution in [-0.2, 0) is 0 Å². The molecule has 4 heterocycles. The van der Waals surface area contributed by atoms with Gasteiger partial charge in [-0.1, -0.05) is 41.9 Å². The molecule has 3 aromatic carbocycles. The van der Waals surface area contributed by atoms with Crippen LogP contribution in [0.4, 0.5) is 22.9 Å². The molecule has 0 fully saturated rings. The monoisotopic (exact) mass is 582 g/mol. The number of aryl methyl sites for hydroxylation is 1. The average molecular weight is 584 g/mol. The van der Waals surface area contributed by atoms with E-state index >= 15 is 0 Å². The van der Waals surface area contributed by atoms with Crippen LogP contribution in [0.3, 0.4) is 0 Å². The van der Waals surface area contributed by atoms with Gasteiger partial charge in [0, 0.05) is 10.7 Å². The molecule has 5 aromatic rings. The number of fused-ring (bicyclic) bond motifs is 4. The quantitative estimate of drug-likeness (QED) is 0.234. The molecule has 0 saturated heterocycles. The third kappa shape index (κ3) is 3.76. The summed E-state index contributed by atoms with van der Waals surface area (Å²) < 4.78 is 8.73. The fourth-order valence-corrected chi connectivity index (χ4v) is 5.41. The summed E-state index contributed by atoms with van der Waals surface area (Å²) in [5.74, 6) is 2.79. The van der Waals surface area contributed by atoms with Crippen molar-refractivity contribution in [2.24, 2.45) is 9.98 Å². The van der Waals surface area contributed by atoms with Crippen molar-refractivity contribution in [1.29, 1.82) is 0 Å². The maximum Gasteiger partial charge on any atom is 0.179 e. The van der Waals surface area contributed by atoms with Gasteiger partial charge >= 0.3 is 0 Å². The fourth-order valence-electron chi connectivity index (χ4n) is 4.96. The third-order valence-electron chi connectivity index (χ3n) is 6.61. The van der Waals surface area contributed by atoms with Crippen molar-refractivity contribution in [2.45, 2.75) is 13.0 Å². The zero-order valence-corrected chi connectivity index (χ0v) is 22.5. The maximum atomic E-state index is 6.19. The van der Waals surface area contributed by atoms with Gasteiger partial charge in [-0.2, -0.15) is 5.10 Å². The second kappa shape index (κ2) is 9.01. The number of para-hydroxylation sites is 3. The number of benzene rings is 3. The van der Waals surface area contributed by atoms with Crippen LogP contribution in [-0.4, -0.2) is 21.5 Å². The molecule has 186 valence electrons. The summed E-state index contributed by atoms with van der Waals surface area (Å²) in [4.78, 5) is 12.4. The van der Waals surface area contributed by atoms with Crippen molar-refractivity contribution in [2.75, 3.05) is 10.2 Å². The Morgan fingerprint density at radius 2 is 1.66 bits per heavy atom. The molecule has 2 aliphatic rings. The molecule has 0 saturated carbocycles. The second-order valence-corrected chi connectivity index (χ2v) is 10.2. The topological polar surface area (TPSA) is 71.0 Å². The van der Waals surface area contributed by atoms with E-state index in [1.807, 2.05) is 96.5 Å². The molecule has 9 heteroatoms. The van der Waals surface area contributed by atoms with Crippen LogP contribution < -0.4 is 10.2 Å². The lowest BCUT2D eigenvalue weighted by Gasteiger charge is -2.39. The second-order valence-electron chi connectivity index (χ2n) is 9.00. The number of nitrogens with one attached hydrogen (secondary N) is 1. The number of furan rings is 1. The van der Waals surface area contributed by atoms with Crippen LogP contribution in [0.2, 0.25) is 5.02 Å². The number of aromatic nitrogens is 2. The summed E-state index contributed by atoms with van der Waals surface area (Å²) in [6.07, 6.45) is 0. The van der Waals surface area contributed by atoms with E-state index in [2.05, 4.69) is 32.2 Å². The van der Waals surface area contributed by atoms with Crippen molar-refractivity contribution >= 4 is 62.1 Å². The van der Waals surface area contributed by atoms with Crippen LogP contribution in [0.25, 0.3) is 5.69 Å². The Bertz CT molecular complexity index is 1740. The van der Waals surface area contributed by atoms with E-state index in [0.717, 1.165) is 45.6 Å². The zero-order chi connectivity index (χ0) is 25.8. The summed E-state index contributed by atoms with van der Waals surface area (Å²) in [6, 6.07) is 29.2. The van der Waals surface area contributed by atoms with Gasteiger partial charge in [-0.15, -0.1) is 0 Å². The Labute approximate surface area is 232 Å². The van der Waals surface area contributed by atoms with Gasteiger partial charge in [-0.25, -0.2) is 14.7 Å². The zero-order valence-electron chi connectivity index (χ0n) is 20.1. The summed E-state index contributed by atoms with van der Waals surface area (Å²) in [7, 11) is 0. The molecular formula is C29H20BrClN6O. The van der Waals surface area contributed by atoms with Gasteiger partial charge in [-0.3, -0.25) is 0 Å². The molecule has 0 spiro atoms. The number of aliphatic imine (C=N–C) groups is 2. The smallest absolute Gasteiger partial charge is 0.179 e. The van der Waals surface area contributed by atoms with E-state index in [1.54, 1.807) is 0 Å². The number of amidine groups is 2. The van der Waals surface area contributed by atoms with E-state index in [9.17, 15) is 0 Å². The number of hydrogen-bond acceptors (Lipinski definition) is 6. The van der Waals surface area contributed by atoms with Gasteiger partial charge in [0.25, 0.3) is 0 Å². The fraction of sp³-hybridized carbons (Fsp3) is 0.0690. The predicted molar refractivity (Wildman–Crippen MR) is 155 cm³/mol. The number of hydrogen-bond donors (Lipinski definition) is 1. The van der Waals surface area contributed by atoms with Crippen molar-refractivity contribution in [3.8, 4) is 5.69 Å². The summed E-state index contributed by atoms with van der Waals surface area (Å²) in [5.41, 5.74) is 5.39. The van der Waals surface area contributed by atoms with Crippen molar-refractivity contribution in [1.82, 2.24) is 9.78 Å². The Morgan fingerprint density at radius 3 is 2.42 bits per heavy atom. The highest BCUT2D eigenvalue weighted by Crippen LogP contribution is 2.48. The third-order valence-corrected chi connectivity index (χ3v) is 7.29. The minimum Gasteiger partial charge on any atom is -0.452 e. The van der Waals surface area contributed by atoms with E-state index < -0.39 is 0 Å². The van der Waals surface area contributed by atoms with Gasteiger partial charge in [0.2, 0.25) is 0 Å². The van der Waals surface area contributed by atoms with Crippen LogP contribution in [0.1, 0.15) is 23.1 Å². The van der Waals surface area contributed by atoms with Crippen LogP contribution in [0.5, 0.6) is 0 Å². The first-order valence-corrected chi connectivity index (χ1v) is 13.2. The minimum absolute atomic E-state index is 0.320. The highest BCUT2D eigenvalue weighted by molar-refractivity contribution is 9.10. The number of halogens is 2. The van der Waals surface area contributed by atoms with Gasteiger partial charge in [-0.05, 0) is 83.5 Å². The molecule has 1 unspecified atom stereocenters. The molecule has 2 aromatic heterocycles. The Hall–Kier alpha value is -4.14. The van der Waals surface area contributed by atoms with E-state index in [1.165, 1.54) is 0 Å². The maximum absolute atomic E-state index is 6.19. The highest BCUT2D eigenvalue weighted by atomic mass is 79.9. The van der Waals surface area contributed by atoms with E-state index in [4.69, 9.17) is 31.1 Å². The molecule has 1 atom stereocenters. The van der Waals surface area contributed by atoms with Crippen LogP contribution in [0, 0.1) is 6.92 Å².